The Morgan fingerprint density at radius 1 is 1.21 bits per heavy atom. The number of nitrogens with one attached hydrogen (secondary N) is 1. The number of fused-ring (bicyclic) bond motifs is 1. The van der Waals surface area contributed by atoms with Crippen molar-refractivity contribution in [2.24, 2.45) is 0 Å². The average molecular weight is 457 g/mol. The van der Waals surface area contributed by atoms with E-state index in [1.54, 1.807) is 12.1 Å². The van der Waals surface area contributed by atoms with Crippen LogP contribution in [0.15, 0.2) is 58.1 Å². The van der Waals surface area contributed by atoms with Gasteiger partial charge in [-0.15, -0.1) is 0 Å². The Morgan fingerprint density at radius 3 is 2.59 bits per heavy atom. The number of benzene rings is 2. The van der Waals surface area contributed by atoms with Crippen molar-refractivity contribution in [3.05, 3.63) is 63.6 Å². The number of rotatable bonds is 7. The third-order valence-electron chi connectivity index (χ3n) is 4.81. The molecule has 3 rings (SSSR count). The second kappa shape index (κ2) is 9.22. The van der Waals surface area contributed by atoms with E-state index in [-0.39, 0.29) is 24.4 Å². The Bertz CT molecular complexity index is 1060. The van der Waals surface area contributed by atoms with Crippen molar-refractivity contribution in [2.45, 2.75) is 39.8 Å². The lowest BCUT2D eigenvalue weighted by Gasteiger charge is -2.27. The largest absolute Gasteiger partial charge is 0.369 e. The van der Waals surface area contributed by atoms with Gasteiger partial charge in [0.05, 0.1) is 17.2 Å². The van der Waals surface area contributed by atoms with Gasteiger partial charge in [0.25, 0.3) is 5.56 Å². The molecule has 1 heterocycles. The molecule has 1 N–H and O–H groups in total. The minimum absolute atomic E-state index is 0.143. The molecule has 7 heteroatoms. The topological polar surface area (TPSA) is 67.2 Å². The van der Waals surface area contributed by atoms with E-state index in [0.29, 0.717) is 16.9 Å². The van der Waals surface area contributed by atoms with Crippen molar-refractivity contribution in [2.75, 3.05) is 16.8 Å². The van der Waals surface area contributed by atoms with Crippen molar-refractivity contribution in [1.29, 1.82) is 0 Å². The van der Waals surface area contributed by atoms with E-state index in [9.17, 15) is 9.59 Å². The van der Waals surface area contributed by atoms with Gasteiger partial charge in [-0.1, -0.05) is 15.9 Å². The number of hydrogen-bond acceptors (Lipinski definition) is 4. The maximum atomic E-state index is 12.6. The van der Waals surface area contributed by atoms with E-state index in [4.69, 9.17) is 0 Å². The summed E-state index contributed by atoms with van der Waals surface area (Å²) in [5.74, 6) is -0.143. The van der Waals surface area contributed by atoms with Crippen molar-refractivity contribution >= 4 is 44.1 Å². The zero-order valence-corrected chi connectivity index (χ0v) is 18.4. The van der Waals surface area contributed by atoms with Crippen molar-refractivity contribution in [3.63, 3.8) is 0 Å². The smallest absolute Gasteiger partial charge is 0.261 e. The van der Waals surface area contributed by atoms with Crippen LogP contribution in [0.25, 0.3) is 10.9 Å². The number of nitrogens with zero attached hydrogens (tertiary/aromatic N) is 3. The predicted octanol–water partition coefficient (Wildman–Crippen LogP) is 4.42. The number of hydrogen-bond donors (Lipinski definition) is 1. The minimum Gasteiger partial charge on any atom is -0.369 e. The molecule has 0 spiro atoms. The van der Waals surface area contributed by atoms with Crippen molar-refractivity contribution in [3.8, 4) is 0 Å². The van der Waals surface area contributed by atoms with Gasteiger partial charge in [0, 0.05) is 41.4 Å². The molecule has 0 atom stereocenters. The summed E-state index contributed by atoms with van der Waals surface area (Å²) < 4.78 is 2.29. The lowest BCUT2D eigenvalue weighted by molar-refractivity contribution is -0.116. The highest BCUT2D eigenvalue weighted by atomic mass is 79.9. The number of amides is 1. The average Bonchev–Trinajstić information content (AvgIpc) is 2.69. The molecule has 0 aliphatic heterocycles. The van der Waals surface area contributed by atoms with Gasteiger partial charge >= 0.3 is 0 Å². The second-order valence-corrected chi connectivity index (χ2v) is 8.05. The standard InChI is InChI=1S/C22H25BrN4O2/c1-4-27(15(2)3)18-8-6-17(7-9-18)25-21(28)11-12-26-14-24-20-10-5-16(23)13-19(20)22(26)29/h5-10,13-15H,4,11-12H2,1-3H3,(H,25,28). The summed E-state index contributed by atoms with van der Waals surface area (Å²) in [4.78, 5) is 31.5. The lowest BCUT2D eigenvalue weighted by Crippen LogP contribution is -2.30. The van der Waals surface area contributed by atoms with Crippen LogP contribution < -0.4 is 15.8 Å². The summed E-state index contributed by atoms with van der Waals surface area (Å²) in [7, 11) is 0. The van der Waals surface area contributed by atoms with Gasteiger partial charge in [-0.05, 0) is 63.2 Å². The fourth-order valence-electron chi connectivity index (χ4n) is 3.32. The molecule has 3 aromatic rings. The Morgan fingerprint density at radius 2 is 1.93 bits per heavy atom. The predicted molar refractivity (Wildman–Crippen MR) is 122 cm³/mol. The van der Waals surface area contributed by atoms with Crippen LogP contribution >= 0.6 is 15.9 Å². The van der Waals surface area contributed by atoms with Gasteiger partial charge in [-0.25, -0.2) is 4.98 Å². The number of aromatic nitrogens is 2. The number of halogens is 1. The van der Waals surface area contributed by atoms with Gasteiger partial charge in [0.2, 0.25) is 5.91 Å². The molecule has 0 bridgehead atoms. The Kier molecular flexibility index (Phi) is 6.69. The van der Waals surface area contributed by atoms with Gasteiger partial charge in [-0.2, -0.15) is 0 Å². The molecule has 0 aliphatic rings. The second-order valence-electron chi connectivity index (χ2n) is 7.13. The zero-order valence-electron chi connectivity index (χ0n) is 16.9. The van der Waals surface area contributed by atoms with E-state index >= 15 is 0 Å². The first kappa shape index (κ1) is 21.0. The van der Waals surface area contributed by atoms with Crippen LogP contribution in [0.5, 0.6) is 0 Å². The summed E-state index contributed by atoms with van der Waals surface area (Å²) in [6, 6.07) is 13.6. The van der Waals surface area contributed by atoms with Gasteiger partial charge < -0.3 is 10.2 Å². The number of aryl methyl sites for hydroxylation is 1. The van der Waals surface area contributed by atoms with E-state index in [0.717, 1.165) is 22.4 Å². The Balaban J connectivity index is 1.64. The molecule has 1 aromatic heterocycles. The Labute approximate surface area is 178 Å². The SMILES string of the molecule is CCN(c1ccc(NC(=O)CCn2cnc3ccc(Br)cc3c2=O)cc1)C(C)C. The normalized spacial score (nSPS) is 11.1. The van der Waals surface area contributed by atoms with Gasteiger partial charge in [-0.3, -0.25) is 14.2 Å². The molecule has 0 radical (unpaired) electrons. The molecule has 29 heavy (non-hydrogen) atoms. The van der Waals surface area contributed by atoms with Crippen molar-refractivity contribution in [1.82, 2.24) is 9.55 Å². The first-order valence-electron chi connectivity index (χ1n) is 9.70. The first-order chi connectivity index (χ1) is 13.9. The third kappa shape index (κ3) is 5.03. The molecule has 0 saturated carbocycles. The summed E-state index contributed by atoms with van der Waals surface area (Å²) in [5, 5.41) is 3.42. The maximum Gasteiger partial charge on any atom is 0.261 e. The van der Waals surface area contributed by atoms with Crippen LogP contribution in [0.2, 0.25) is 0 Å². The summed E-state index contributed by atoms with van der Waals surface area (Å²) in [5.41, 5.74) is 2.36. The van der Waals surface area contributed by atoms with Crippen LogP contribution in [-0.2, 0) is 11.3 Å². The van der Waals surface area contributed by atoms with Crippen molar-refractivity contribution < 1.29 is 4.79 Å². The molecular formula is C22H25BrN4O2. The molecular weight excluding hydrogens is 432 g/mol. The van der Waals surface area contributed by atoms with Crippen LogP contribution in [0.4, 0.5) is 11.4 Å². The quantitative estimate of drug-likeness (QED) is 0.571. The monoisotopic (exact) mass is 456 g/mol. The van der Waals surface area contributed by atoms with Crippen LogP contribution in [-0.4, -0.2) is 28.0 Å². The van der Waals surface area contributed by atoms with E-state index in [1.165, 1.54) is 10.9 Å². The lowest BCUT2D eigenvalue weighted by atomic mass is 10.2. The third-order valence-corrected chi connectivity index (χ3v) is 5.31. The minimum atomic E-state index is -0.151. The fraction of sp³-hybridized carbons (Fsp3) is 0.318. The van der Waals surface area contributed by atoms with E-state index in [2.05, 4.69) is 51.9 Å². The van der Waals surface area contributed by atoms with Crippen LogP contribution in [0, 0.1) is 0 Å². The molecule has 152 valence electrons. The number of carbonyl (C=O) groups excluding carboxylic acids is 1. The van der Waals surface area contributed by atoms with E-state index in [1.807, 2.05) is 30.3 Å². The molecule has 6 nitrogen and oxygen atoms in total. The molecule has 2 aromatic carbocycles. The highest BCUT2D eigenvalue weighted by molar-refractivity contribution is 9.10. The van der Waals surface area contributed by atoms with Gasteiger partial charge in [0.1, 0.15) is 0 Å². The maximum absolute atomic E-state index is 12.6. The van der Waals surface area contributed by atoms with E-state index < -0.39 is 0 Å². The molecule has 0 fully saturated rings. The molecule has 1 amide bonds. The zero-order chi connectivity index (χ0) is 21.0. The Hall–Kier alpha value is -2.67. The highest BCUT2D eigenvalue weighted by Gasteiger charge is 2.10. The fourth-order valence-corrected chi connectivity index (χ4v) is 3.68. The highest BCUT2D eigenvalue weighted by Crippen LogP contribution is 2.20. The van der Waals surface area contributed by atoms with Crippen LogP contribution in [0.1, 0.15) is 27.2 Å². The molecule has 0 aliphatic carbocycles. The molecule has 0 saturated heterocycles. The number of carbonyl (C=O) groups is 1. The summed E-state index contributed by atoms with van der Waals surface area (Å²) in [6.45, 7) is 7.63. The number of anilines is 2. The van der Waals surface area contributed by atoms with Gasteiger partial charge in [0.15, 0.2) is 0 Å². The summed E-state index contributed by atoms with van der Waals surface area (Å²) >= 11 is 3.37. The first-order valence-corrected chi connectivity index (χ1v) is 10.5. The molecule has 0 unspecified atom stereocenters. The summed E-state index contributed by atoms with van der Waals surface area (Å²) in [6.07, 6.45) is 1.68. The van der Waals surface area contributed by atoms with Crippen LogP contribution in [0.3, 0.4) is 0 Å².